The van der Waals surface area contributed by atoms with Crippen LogP contribution in [0, 0.1) is 12.8 Å². The standard InChI is InChI=1S/C18H18F3N5O2/c1-9-14(12-3-2-11(8-13(12)27)18(19,20)21)24-25-17(23-9)26-7-5-10-4-6-22-16(28)15(10)26/h2-3,8,10,15,27H,4-7H2,1H3,(H,22,28)/t10-,15+/m0/s1. The number of nitrogens with zero attached hydrogens (tertiary/aromatic N) is 4. The second-order valence-corrected chi connectivity index (χ2v) is 7.04. The van der Waals surface area contributed by atoms with E-state index in [4.69, 9.17) is 0 Å². The number of halogens is 3. The molecule has 1 amide bonds. The summed E-state index contributed by atoms with van der Waals surface area (Å²) < 4.78 is 38.4. The molecule has 3 heterocycles. The summed E-state index contributed by atoms with van der Waals surface area (Å²) in [4.78, 5) is 18.5. The molecule has 2 aliphatic rings. The topological polar surface area (TPSA) is 91.2 Å². The Morgan fingerprint density at radius 2 is 2.04 bits per heavy atom. The molecule has 28 heavy (non-hydrogen) atoms. The van der Waals surface area contributed by atoms with E-state index in [1.54, 1.807) is 6.92 Å². The largest absolute Gasteiger partial charge is 0.507 e. The van der Waals surface area contributed by atoms with Crippen molar-refractivity contribution in [2.75, 3.05) is 18.0 Å². The molecule has 2 aromatic rings. The predicted octanol–water partition coefficient (Wildman–Crippen LogP) is 2.29. The first-order valence-corrected chi connectivity index (χ1v) is 8.92. The molecule has 2 N–H and O–H groups in total. The number of alkyl halides is 3. The maximum Gasteiger partial charge on any atom is 0.416 e. The molecule has 0 unspecified atom stereocenters. The van der Waals surface area contributed by atoms with Crippen molar-refractivity contribution in [2.45, 2.75) is 32.0 Å². The molecule has 2 aliphatic heterocycles. The van der Waals surface area contributed by atoms with Gasteiger partial charge in [-0.15, -0.1) is 10.2 Å². The quantitative estimate of drug-likeness (QED) is 0.814. The Labute approximate surface area is 158 Å². The van der Waals surface area contributed by atoms with E-state index in [2.05, 4.69) is 20.5 Å². The lowest BCUT2D eigenvalue weighted by molar-refractivity contribution is -0.137. The van der Waals surface area contributed by atoms with Crippen LogP contribution in [0.1, 0.15) is 24.1 Å². The van der Waals surface area contributed by atoms with Gasteiger partial charge in [0.2, 0.25) is 11.9 Å². The van der Waals surface area contributed by atoms with E-state index in [0.29, 0.717) is 30.8 Å². The second-order valence-electron chi connectivity index (χ2n) is 7.04. The number of aryl methyl sites for hydroxylation is 1. The van der Waals surface area contributed by atoms with Crippen LogP contribution in [0.25, 0.3) is 11.3 Å². The first kappa shape index (κ1) is 18.5. The zero-order chi connectivity index (χ0) is 20.1. The van der Waals surface area contributed by atoms with Crippen LogP contribution in [0.15, 0.2) is 18.2 Å². The number of nitrogens with one attached hydrogen (secondary N) is 1. The molecule has 7 nitrogen and oxygen atoms in total. The number of anilines is 1. The molecule has 4 rings (SSSR count). The number of fused-ring (bicyclic) bond motifs is 1. The maximum absolute atomic E-state index is 12.8. The lowest BCUT2D eigenvalue weighted by Crippen LogP contribution is -2.51. The number of piperidine rings is 1. The number of phenolic OH excluding ortho intramolecular Hbond substituents is 1. The van der Waals surface area contributed by atoms with E-state index < -0.39 is 17.5 Å². The van der Waals surface area contributed by atoms with Crippen LogP contribution in [0.3, 0.4) is 0 Å². The van der Waals surface area contributed by atoms with E-state index >= 15 is 0 Å². The van der Waals surface area contributed by atoms with Crippen molar-refractivity contribution in [1.29, 1.82) is 0 Å². The summed E-state index contributed by atoms with van der Waals surface area (Å²) >= 11 is 0. The smallest absolute Gasteiger partial charge is 0.416 e. The van der Waals surface area contributed by atoms with Gasteiger partial charge in [0.05, 0.1) is 11.3 Å². The van der Waals surface area contributed by atoms with Crippen molar-refractivity contribution in [2.24, 2.45) is 5.92 Å². The van der Waals surface area contributed by atoms with Crippen LogP contribution in [-0.2, 0) is 11.0 Å². The number of aromatic nitrogens is 3. The minimum atomic E-state index is -4.55. The number of benzene rings is 1. The zero-order valence-electron chi connectivity index (χ0n) is 15.0. The molecular weight excluding hydrogens is 375 g/mol. The predicted molar refractivity (Wildman–Crippen MR) is 93.5 cm³/mol. The first-order valence-electron chi connectivity index (χ1n) is 8.92. The highest BCUT2D eigenvalue weighted by Gasteiger charge is 2.42. The number of hydrogen-bond donors (Lipinski definition) is 2. The summed E-state index contributed by atoms with van der Waals surface area (Å²) in [6, 6.07) is 2.35. The van der Waals surface area contributed by atoms with Gasteiger partial charge in [-0.2, -0.15) is 13.2 Å². The van der Waals surface area contributed by atoms with Crippen molar-refractivity contribution in [3.63, 3.8) is 0 Å². The Morgan fingerprint density at radius 1 is 1.25 bits per heavy atom. The molecule has 0 radical (unpaired) electrons. The van der Waals surface area contributed by atoms with Gasteiger partial charge in [0.15, 0.2) is 0 Å². The third-order valence-corrected chi connectivity index (χ3v) is 5.29. The highest BCUT2D eigenvalue weighted by Crippen LogP contribution is 2.37. The van der Waals surface area contributed by atoms with Gasteiger partial charge in [-0.3, -0.25) is 4.79 Å². The van der Waals surface area contributed by atoms with Crippen LogP contribution in [0.5, 0.6) is 5.75 Å². The minimum Gasteiger partial charge on any atom is -0.507 e. The summed E-state index contributed by atoms with van der Waals surface area (Å²) in [7, 11) is 0. The summed E-state index contributed by atoms with van der Waals surface area (Å²) in [5, 5.41) is 21.1. The fourth-order valence-electron chi connectivity index (χ4n) is 3.89. The number of carbonyl (C=O) groups is 1. The molecule has 2 fully saturated rings. The second kappa shape index (κ2) is 6.61. The maximum atomic E-state index is 12.8. The van der Waals surface area contributed by atoms with E-state index in [0.717, 1.165) is 25.0 Å². The van der Waals surface area contributed by atoms with Crippen LogP contribution in [0.2, 0.25) is 0 Å². The third kappa shape index (κ3) is 3.12. The molecular formula is C18H18F3N5O2. The van der Waals surface area contributed by atoms with Crippen LogP contribution in [0.4, 0.5) is 19.1 Å². The van der Waals surface area contributed by atoms with E-state index in [9.17, 15) is 23.1 Å². The monoisotopic (exact) mass is 393 g/mol. The number of rotatable bonds is 2. The van der Waals surface area contributed by atoms with Gasteiger partial charge in [-0.25, -0.2) is 4.98 Å². The molecule has 2 saturated heterocycles. The fourth-order valence-corrected chi connectivity index (χ4v) is 3.89. The zero-order valence-corrected chi connectivity index (χ0v) is 15.0. The van der Waals surface area contributed by atoms with E-state index in [1.807, 2.05) is 4.90 Å². The third-order valence-electron chi connectivity index (χ3n) is 5.29. The average molecular weight is 393 g/mol. The molecule has 0 bridgehead atoms. The van der Waals surface area contributed by atoms with Gasteiger partial charge in [-0.1, -0.05) is 0 Å². The lowest BCUT2D eigenvalue weighted by Gasteiger charge is -2.30. The molecule has 1 aromatic carbocycles. The Kier molecular flexibility index (Phi) is 4.35. The molecule has 10 heteroatoms. The molecule has 148 valence electrons. The van der Waals surface area contributed by atoms with Crippen molar-refractivity contribution in [1.82, 2.24) is 20.5 Å². The van der Waals surface area contributed by atoms with E-state index in [-0.39, 0.29) is 29.1 Å². The highest BCUT2D eigenvalue weighted by atomic mass is 19.4. The molecule has 0 spiro atoms. The molecule has 2 atom stereocenters. The van der Waals surface area contributed by atoms with Crippen molar-refractivity contribution >= 4 is 11.9 Å². The molecule has 0 saturated carbocycles. The highest BCUT2D eigenvalue weighted by molar-refractivity contribution is 5.86. The van der Waals surface area contributed by atoms with Gasteiger partial charge in [0.1, 0.15) is 17.5 Å². The van der Waals surface area contributed by atoms with Crippen molar-refractivity contribution < 1.29 is 23.1 Å². The summed E-state index contributed by atoms with van der Waals surface area (Å²) in [5.41, 5.74) is -0.235. The van der Waals surface area contributed by atoms with Crippen LogP contribution < -0.4 is 10.2 Å². The van der Waals surface area contributed by atoms with Gasteiger partial charge in [0, 0.05) is 18.7 Å². The Bertz CT molecular complexity index is 934. The van der Waals surface area contributed by atoms with Crippen molar-refractivity contribution in [3.8, 4) is 17.0 Å². The van der Waals surface area contributed by atoms with Gasteiger partial charge < -0.3 is 15.3 Å². The number of hydrogen-bond acceptors (Lipinski definition) is 6. The minimum absolute atomic E-state index is 0.0561. The normalized spacial score (nSPS) is 22.1. The van der Waals surface area contributed by atoms with Gasteiger partial charge in [0.25, 0.3) is 0 Å². The van der Waals surface area contributed by atoms with Gasteiger partial charge >= 0.3 is 6.18 Å². The Morgan fingerprint density at radius 3 is 2.71 bits per heavy atom. The first-order chi connectivity index (χ1) is 13.3. The molecule has 1 aromatic heterocycles. The van der Waals surface area contributed by atoms with Crippen LogP contribution >= 0.6 is 0 Å². The Hall–Kier alpha value is -2.91. The number of carbonyl (C=O) groups excluding carboxylic acids is 1. The SMILES string of the molecule is Cc1nc(N2CC[C@@H]3CCNC(=O)[C@@H]32)nnc1-c1ccc(C(F)(F)F)cc1O. The summed E-state index contributed by atoms with van der Waals surface area (Å²) in [5.74, 6) is -0.0531. The number of phenols is 1. The van der Waals surface area contributed by atoms with Crippen molar-refractivity contribution in [3.05, 3.63) is 29.5 Å². The summed E-state index contributed by atoms with van der Waals surface area (Å²) in [6.07, 6.45) is -2.79. The number of aromatic hydroxyl groups is 1. The molecule has 0 aliphatic carbocycles. The fraction of sp³-hybridized carbons (Fsp3) is 0.444. The summed E-state index contributed by atoms with van der Waals surface area (Å²) in [6.45, 7) is 2.94. The lowest BCUT2D eigenvalue weighted by atomic mass is 9.93. The Balaban J connectivity index is 1.65. The van der Waals surface area contributed by atoms with Crippen LogP contribution in [-0.4, -0.2) is 45.3 Å². The van der Waals surface area contributed by atoms with Gasteiger partial charge in [-0.05, 0) is 43.9 Å². The number of amides is 1. The van der Waals surface area contributed by atoms with E-state index in [1.165, 1.54) is 0 Å². The average Bonchev–Trinajstić information content (AvgIpc) is 3.07.